The molecule has 0 spiro atoms. The summed E-state index contributed by atoms with van der Waals surface area (Å²) >= 11 is 0. The van der Waals surface area contributed by atoms with E-state index in [1.165, 1.54) is 12.3 Å². The van der Waals surface area contributed by atoms with Crippen LogP contribution in [0.25, 0.3) is 11.0 Å². The minimum Gasteiger partial charge on any atom is -0.467 e. The Labute approximate surface area is 155 Å². The fraction of sp³-hybridized carbons (Fsp3) is 0.300. The lowest BCUT2D eigenvalue weighted by Gasteiger charge is -2.25. The molecule has 1 aliphatic heterocycles. The van der Waals surface area contributed by atoms with Crippen molar-refractivity contribution in [2.24, 2.45) is 0 Å². The first-order valence-corrected chi connectivity index (χ1v) is 8.82. The zero-order chi connectivity index (χ0) is 18.8. The molecule has 27 heavy (non-hydrogen) atoms. The molecule has 0 radical (unpaired) electrons. The molecule has 3 heterocycles. The molecule has 1 fully saturated rings. The molecule has 0 atom stereocenters. The lowest BCUT2D eigenvalue weighted by Crippen LogP contribution is -2.35. The van der Waals surface area contributed by atoms with E-state index in [-0.39, 0.29) is 5.91 Å². The fourth-order valence-corrected chi connectivity index (χ4v) is 3.17. The number of benzene rings is 1. The number of hydrogen-bond donors (Lipinski definition) is 1. The van der Waals surface area contributed by atoms with E-state index in [1.54, 1.807) is 18.2 Å². The van der Waals surface area contributed by atoms with Gasteiger partial charge in [0.1, 0.15) is 17.6 Å². The minimum absolute atomic E-state index is 0.277. The third-order valence-electron chi connectivity index (χ3n) is 4.61. The summed E-state index contributed by atoms with van der Waals surface area (Å²) in [6.07, 6.45) is 1.45. The van der Waals surface area contributed by atoms with Gasteiger partial charge in [-0.25, -0.2) is 4.79 Å². The van der Waals surface area contributed by atoms with Crippen molar-refractivity contribution in [3.63, 3.8) is 0 Å². The van der Waals surface area contributed by atoms with E-state index in [0.717, 1.165) is 29.8 Å². The van der Waals surface area contributed by atoms with E-state index in [0.29, 0.717) is 36.6 Å². The molecule has 7 nitrogen and oxygen atoms in total. The molecule has 7 heteroatoms. The van der Waals surface area contributed by atoms with Gasteiger partial charge < -0.3 is 18.9 Å². The van der Waals surface area contributed by atoms with E-state index in [9.17, 15) is 9.59 Å². The van der Waals surface area contributed by atoms with Crippen molar-refractivity contribution in [2.45, 2.75) is 13.5 Å². The van der Waals surface area contributed by atoms with Crippen LogP contribution in [0.2, 0.25) is 0 Å². The zero-order valence-corrected chi connectivity index (χ0v) is 15.0. The highest BCUT2D eigenvalue weighted by molar-refractivity contribution is 6.04. The van der Waals surface area contributed by atoms with Crippen molar-refractivity contribution in [2.75, 3.05) is 31.6 Å². The lowest BCUT2D eigenvalue weighted by molar-refractivity contribution is 0.0313. The van der Waals surface area contributed by atoms with Crippen molar-refractivity contribution in [3.8, 4) is 0 Å². The predicted octanol–water partition coefficient (Wildman–Crippen LogP) is 2.78. The molecule has 0 aliphatic carbocycles. The molecule has 3 aromatic rings. The Bertz CT molecular complexity index is 1030. The Hall–Kier alpha value is -2.90. The van der Waals surface area contributed by atoms with Crippen LogP contribution in [0.1, 0.15) is 21.7 Å². The number of carbonyl (C=O) groups excluding carboxylic acids is 1. The van der Waals surface area contributed by atoms with Crippen LogP contribution in [0.4, 0.5) is 5.69 Å². The molecule has 1 saturated heterocycles. The summed E-state index contributed by atoms with van der Waals surface area (Å²) in [5, 5.41) is 3.65. The van der Waals surface area contributed by atoms with Crippen LogP contribution >= 0.6 is 0 Å². The lowest BCUT2D eigenvalue weighted by atomic mass is 10.1. The molecule has 2 aromatic heterocycles. The molecular weight excluding hydrogens is 348 g/mol. The molecule has 0 bridgehead atoms. The highest BCUT2D eigenvalue weighted by Crippen LogP contribution is 2.21. The standard InChI is InChI=1S/C20H20N2O5/c1-13-8-19(23)27-18-10-15(2-3-17(13)18)21-20(24)14-9-16(26-12-14)11-22-4-6-25-7-5-22/h2-3,8-10,12H,4-7,11H2,1H3,(H,21,24). The van der Waals surface area contributed by atoms with E-state index >= 15 is 0 Å². The second-order valence-corrected chi connectivity index (χ2v) is 6.60. The molecule has 1 amide bonds. The summed E-state index contributed by atoms with van der Waals surface area (Å²) in [6, 6.07) is 8.44. The van der Waals surface area contributed by atoms with Crippen molar-refractivity contribution < 1.29 is 18.4 Å². The van der Waals surface area contributed by atoms with Gasteiger partial charge in [0.15, 0.2) is 0 Å². The van der Waals surface area contributed by atoms with Crippen LogP contribution in [0.3, 0.4) is 0 Å². The van der Waals surface area contributed by atoms with Crippen molar-refractivity contribution >= 4 is 22.6 Å². The highest BCUT2D eigenvalue weighted by atomic mass is 16.5. The normalized spacial score (nSPS) is 15.1. The van der Waals surface area contributed by atoms with E-state index in [2.05, 4.69) is 10.2 Å². The van der Waals surface area contributed by atoms with Crippen LogP contribution in [0.5, 0.6) is 0 Å². The Morgan fingerprint density at radius 3 is 2.81 bits per heavy atom. The number of ether oxygens (including phenoxy) is 1. The van der Waals surface area contributed by atoms with Gasteiger partial charge in [0.25, 0.3) is 5.91 Å². The smallest absolute Gasteiger partial charge is 0.336 e. The largest absolute Gasteiger partial charge is 0.467 e. The van der Waals surface area contributed by atoms with E-state index < -0.39 is 5.63 Å². The number of amides is 1. The number of furan rings is 1. The number of morpholine rings is 1. The second kappa shape index (κ2) is 7.38. The van der Waals surface area contributed by atoms with Gasteiger partial charge in [-0.15, -0.1) is 0 Å². The average molecular weight is 368 g/mol. The monoisotopic (exact) mass is 368 g/mol. The van der Waals surface area contributed by atoms with Gasteiger partial charge in [0.2, 0.25) is 0 Å². The molecule has 0 unspecified atom stereocenters. The Kier molecular flexibility index (Phi) is 4.79. The third kappa shape index (κ3) is 3.94. The molecule has 1 aliphatic rings. The number of rotatable bonds is 4. The number of nitrogens with one attached hydrogen (secondary N) is 1. The molecule has 140 valence electrons. The van der Waals surface area contributed by atoms with E-state index in [1.807, 2.05) is 13.0 Å². The van der Waals surface area contributed by atoms with Gasteiger partial charge in [-0.2, -0.15) is 0 Å². The van der Waals surface area contributed by atoms with Crippen LogP contribution in [0, 0.1) is 6.92 Å². The summed E-state index contributed by atoms with van der Waals surface area (Å²) in [6.45, 7) is 5.63. The molecule has 1 N–H and O–H groups in total. The van der Waals surface area contributed by atoms with Crippen LogP contribution in [-0.2, 0) is 11.3 Å². The Balaban J connectivity index is 1.47. The quantitative estimate of drug-likeness (QED) is 0.713. The summed E-state index contributed by atoms with van der Waals surface area (Å²) in [5.41, 5.74) is 1.87. The SMILES string of the molecule is Cc1cc(=O)oc2cc(NC(=O)c3coc(CN4CCOCC4)c3)ccc12. The number of nitrogens with zero attached hydrogens (tertiary/aromatic N) is 1. The van der Waals surface area contributed by atoms with Gasteiger partial charge in [0.05, 0.1) is 25.3 Å². The van der Waals surface area contributed by atoms with Crippen LogP contribution in [0.15, 0.2) is 50.2 Å². The maximum Gasteiger partial charge on any atom is 0.336 e. The first-order chi connectivity index (χ1) is 13.1. The summed E-state index contributed by atoms with van der Waals surface area (Å²) < 4.78 is 16.1. The highest BCUT2D eigenvalue weighted by Gasteiger charge is 2.15. The number of fused-ring (bicyclic) bond motifs is 1. The number of hydrogen-bond acceptors (Lipinski definition) is 6. The predicted molar refractivity (Wildman–Crippen MR) is 100.0 cm³/mol. The van der Waals surface area contributed by atoms with Gasteiger partial charge in [-0.05, 0) is 30.7 Å². The molecule has 1 aromatic carbocycles. The molecule has 0 saturated carbocycles. The first-order valence-electron chi connectivity index (χ1n) is 8.82. The fourth-order valence-electron chi connectivity index (χ4n) is 3.17. The van der Waals surface area contributed by atoms with E-state index in [4.69, 9.17) is 13.6 Å². The van der Waals surface area contributed by atoms with Crippen LogP contribution in [-0.4, -0.2) is 37.1 Å². The average Bonchev–Trinajstić information content (AvgIpc) is 3.11. The molecular formula is C20H20N2O5. The van der Waals surface area contributed by atoms with Gasteiger partial charge in [-0.1, -0.05) is 0 Å². The van der Waals surface area contributed by atoms with Crippen molar-refractivity contribution in [1.82, 2.24) is 4.90 Å². The zero-order valence-electron chi connectivity index (χ0n) is 15.0. The first kappa shape index (κ1) is 17.5. The second-order valence-electron chi connectivity index (χ2n) is 6.60. The Morgan fingerprint density at radius 1 is 1.19 bits per heavy atom. The topological polar surface area (TPSA) is 84.9 Å². The third-order valence-corrected chi connectivity index (χ3v) is 4.61. The summed E-state index contributed by atoms with van der Waals surface area (Å²) in [4.78, 5) is 26.3. The summed E-state index contributed by atoms with van der Waals surface area (Å²) in [7, 11) is 0. The van der Waals surface area contributed by atoms with Crippen LogP contribution < -0.4 is 10.9 Å². The van der Waals surface area contributed by atoms with Gasteiger partial charge in [0, 0.05) is 36.3 Å². The number of carbonyl (C=O) groups is 1. The van der Waals surface area contributed by atoms with Crippen molar-refractivity contribution in [1.29, 1.82) is 0 Å². The maximum absolute atomic E-state index is 12.5. The molecule has 4 rings (SSSR count). The minimum atomic E-state index is -0.411. The number of aryl methyl sites for hydroxylation is 1. The summed E-state index contributed by atoms with van der Waals surface area (Å²) in [5.74, 6) is 0.462. The Morgan fingerprint density at radius 2 is 2.00 bits per heavy atom. The van der Waals surface area contributed by atoms with Gasteiger partial charge >= 0.3 is 5.63 Å². The maximum atomic E-state index is 12.5. The van der Waals surface area contributed by atoms with Gasteiger partial charge in [-0.3, -0.25) is 9.69 Å². The van der Waals surface area contributed by atoms with Crippen molar-refractivity contribution in [3.05, 3.63) is 63.9 Å². The number of anilines is 1.